The Labute approximate surface area is 122 Å². The van der Waals surface area contributed by atoms with E-state index in [1.165, 1.54) is 0 Å². The average molecular weight is 302 g/mol. The van der Waals surface area contributed by atoms with Crippen molar-refractivity contribution in [1.29, 1.82) is 0 Å². The Morgan fingerprint density at radius 3 is 2.60 bits per heavy atom. The van der Waals surface area contributed by atoms with Gasteiger partial charge in [-0.1, -0.05) is 13.8 Å². The zero-order valence-electron chi connectivity index (χ0n) is 12.7. The maximum Gasteiger partial charge on any atom is 0.239 e. The molecule has 0 aliphatic carbocycles. The summed E-state index contributed by atoms with van der Waals surface area (Å²) < 4.78 is 24.0. The molecule has 0 spiro atoms. The fraction of sp³-hybridized carbons (Fsp3) is 0.929. The van der Waals surface area contributed by atoms with E-state index in [0.29, 0.717) is 19.5 Å². The van der Waals surface area contributed by atoms with E-state index in [1.807, 2.05) is 0 Å². The lowest BCUT2D eigenvalue weighted by Gasteiger charge is -2.31. The number of likely N-dealkylation sites (tertiary alicyclic amines) is 1. The average Bonchev–Trinajstić information content (AvgIpc) is 2.62. The molecule has 2 aliphatic heterocycles. The largest absolute Gasteiger partial charge is 0.340 e. The van der Waals surface area contributed by atoms with Crippen LogP contribution in [0, 0.1) is 5.41 Å². The summed E-state index contributed by atoms with van der Waals surface area (Å²) in [6.07, 6.45) is 3.21. The molecular formula is C14H26N2O3S. The molecule has 2 heterocycles. The van der Waals surface area contributed by atoms with E-state index in [9.17, 15) is 13.2 Å². The van der Waals surface area contributed by atoms with Crippen LogP contribution in [0.15, 0.2) is 0 Å². The minimum atomic E-state index is -3.00. The second kappa shape index (κ2) is 5.64. The Kier molecular flexibility index (Phi) is 4.44. The minimum absolute atomic E-state index is 0.0453. The first-order valence-corrected chi connectivity index (χ1v) is 9.14. The van der Waals surface area contributed by atoms with E-state index < -0.39 is 9.84 Å². The highest BCUT2D eigenvalue weighted by atomic mass is 32.2. The van der Waals surface area contributed by atoms with E-state index in [1.54, 1.807) is 11.9 Å². The number of nitrogens with one attached hydrogen (secondary N) is 1. The summed E-state index contributed by atoms with van der Waals surface area (Å²) in [5.74, 6) is 0.332. The maximum atomic E-state index is 12.5. The Hall–Kier alpha value is -0.620. The summed E-state index contributed by atoms with van der Waals surface area (Å²) >= 11 is 0. The molecule has 2 rings (SSSR count). The van der Waals surface area contributed by atoms with Crippen LogP contribution in [0.25, 0.3) is 0 Å². The highest BCUT2D eigenvalue weighted by Crippen LogP contribution is 2.30. The van der Waals surface area contributed by atoms with Gasteiger partial charge in [-0.3, -0.25) is 4.79 Å². The van der Waals surface area contributed by atoms with Gasteiger partial charge in [0.15, 0.2) is 9.84 Å². The van der Waals surface area contributed by atoms with Gasteiger partial charge in [-0.2, -0.15) is 0 Å². The van der Waals surface area contributed by atoms with Crippen LogP contribution in [0.3, 0.4) is 0 Å². The fourth-order valence-corrected chi connectivity index (χ4v) is 5.12. The molecule has 20 heavy (non-hydrogen) atoms. The van der Waals surface area contributed by atoms with E-state index >= 15 is 0 Å². The maximum absolute atomic E-state index is 12.5. The molecule has 2 saturated heterocycles. The van der Waals surface area contributed by atoms with Gasteiger partial charge in [-0.05, 0) is 38.1 Å². The van der Waals surface area contributed by atoms with Gasteiger partial charge < -0.3 is 10.2 Å². The monoisotopic (exact) mass is 302 g/mol. The fourth-order valence-electron chi connectivity index (χ4n) is 3.28. The Bertz CT molecular complexity index is 473. The summed E-state index contributed by atoms with van der Waals surface area (Å²) in [4.78, 5) is 14.3. The Balaban J connectivity index is 2.16. The summed E-state index contributed by atoms with van der Waals surface area (Å²) in [6, 6.07) is -0.180. The molecule has 2 fully saturated rings. The zero-order valence-corrected chi connectivity index (χ0v) is 13.5. The van der Waals surface area contributed by atoms with Crippen molar-refractivity contribution in [2.24, 2.45) is 5.41 Å². The second-order valence-electron chi connectivity index (χ2n) is 6.89. The summed E-state index contributed by atoms with van der Waals surface area (Å²) in [5.41, 5.74) is 0.0453. The third kappa shape index (κ3) is 3.34. The second-order valence-corrected chi connectivity index (χ2v) is 9.29. The van der Waals surface area contributed by atoms with Crippen molar-refractivity contribution in [3.05, 3.63) is 0 Å². The number of likely N-dealkylation sites (N-methyl/N-ethyl adjacent to an activating group) is 1. The molecule has 116 valence electrons. The first kappa shape index (κ1) is 15.8. The normalized spacial score (nSPS) is 33.1. The number of sulfone groups is 1. The molecule has 0 aromatic carbocycles. The SMILES string of the molecule is CNC1CCC(C)(C)CN(CC2CCCS2(=O)=O)C1=O. The van der Waals surface area contributed by atoms with Crippen LogP contribution in [-0.2, 0) is 14.6 Å². The lowest BCUT2D eigenvalue weighted by atomic mass is 9.87. The molecule has 0 bridgehead atoms. The number of hydrogen-bond acceptors (Lipinski definition) is 4. The summed E-state index contributed by atoms with van der Waals surface area (Å²) in [5, 5.41) is 2.70. The molecule has 1 amide bonds. The summed E-state index contributed by atoms with van der Waals surface area (Å²) in [6.45, 7) is 5.31. The lowest BCUT2D eigenvalue weighted by Crippen LogP contribution is -2.48. The number of hydrogen-bond donors (Lipinski definition) is 1. The first-order chi connectivity index (χ1) is 9.25. The van der Waals surface area contributed by atoms with Gasteiger partial charge in [0, 0.05) is 13.1 Å². The van der Waals surface area contributed by atoms with E-state index in [0.717, 1.165) is 19.3 Å². The molecule has 5 nitrogen and oxygen atoms in total. The van der Waals surface area contributed by atoms with Crippen molar-refractivity contribution >= 4 is 15.7 Å². The van der Waals surface area contributed by atoms with E-state index in [4.69, 9.17) is 0 Å². The first-order valence-electron chi connectivity index (χ1n) is 7.43. The molecule has 2 unspecified atom stereocenters. The van der Waals surface area contributed by atoms with Crippen LogP contribution in [0.5, 0.6) is 0 Å². The number of rotatable bonds is 3. The summed E-state index contributed by atoms with van der Waals surface area (Å²) in [7, 11) is -1.20. The molecule has 2 atom stereocenters. The van der Waals surface area contributed by atoms with Gasteiger partial charge in [0.1, 0.15) is 0 Å². The van der Waals surface area contributed by atoms with E-state index in [2.05, 4.69) is 19.2 Å². The van der Waals surface area contributed by atoms with Crippen molar-refractivity contribution in [3.8, 4) is 0 Å². The van der Waals surface area contributed by atoms with Gasteiger partial charge in [-0.25, -0.2) is 8.42 Å². The van der Waals surface area contributed by atoms with Crippen LogP contribution in [-0.4, -0.2) is 56.4 Å². The molecule has 6 heteroatoms. The Morgan fingerprint density at radius 1 is 1.35 bits per heavy atom. The third-order valence-electron chi connectivity index (χ3n) is 4.57. The van der Waals surface area contributed by atoms with Crippen LogP contribution < -0.4 is 5.32 Å². The lowest BCUT2D eigenvalue weighted by molar-refractivity contribution is -0.133. The van der Waals surface area contributed by atoms with Gasteiger partial charge in [0.2, 0.25) is 5.91 Å². The zero-order chi connectivity index (χ0) is 15.0. The number of nitrogens with zero attached hydrogens (tertiary/aromatic N) is 1. The molecular weight excluding hydrogens is 276 g/mol. The topological polar surface area (TPSA) is 66.5 Å². The predicted octanol–water partition coefficient (Wildman–Crippen LogP) is 0.800. The number of carbonyl (C=O) groups is 1. The number of carbonyl (C=O) groups excluding carboxylic acids is 1. The standard InChI is InChI=1S/C14H26N2O3S/c1-14(2)7-6-12(15-3)13(17)16(10-14)9-11-5-4-8-20(11,18)19/h11-12,15H,4-10H2,1-3H3. The van der Waals surface area contributed by atoms with Gasteiger partial charge in [0.05, 0.1) is 17.0 Å². The smallest absolute Gasteiger partial charge is 0.239 e. The minimum Gasteiger partial charge on any atom is -0.340 e. The van der Waals surface area contributed by atoms with Gasteiger partial charge in [-0.15, -0.1) is 0 Å². The molecule has 2 aliphatic rings. The Morgan fingerprint density at radius 2 is 2.05 bits per heavy atom. The third-order valence-corrected chi connectivity index (χ3v) is 6.83. The number of amides is 1. The van der Waals surface area contributed by atoms with Crippen LogP contribution in [0.4, 0.5) is 0 Å². The van der Waals surface area contributed by atoms with Crippen molar-refractivity contribution in [3.63, 3.8) is 0 Å². The molecule has 0 radical (unpaired) electrons. The van der Waals surface area contributed by atoms with Crippen LogP contribution >= 0.6 is 0 Å². The highest BCUT2D eigenvalue weighted by Gasteiger charge is 2.39. The molecule has 0 aromatic rings. The van der Waals surface area contributed by atoms with Crippen molar-refractivity contribution in [2.75, 3.05) is 25.9 Å². The molecule has 0 aromatic heterocycles. The highest BCUT2D eigenvalue weighted by molar-refractivity contribution is 7.92. The molecule has 1 N–H and O–H groups in total. The van der Waals surface area contributed by atoms with Crippen molar-refractivity contribution in [2.45, 2.75) is 50.8 Å². The molecule has 0 saturated carbocycles. The predicted molar refractivity (Wildman–Crippen MR) is 79.3 cm³/mol. The quantitative estimate of drug-likeness (QED) is 0.837. The van der Waals surface area contributed by atoms with Crippen molar-refractivity contribution in [1.82, 2.24) is 10.2 Å². The van der Waals surface area contributed by atoms with E-state index in [-0.39, 0.29) is 28.4 Å². The van der Waals surface area contributed by atoms with Crippen molar-refractivity contribution < 1.29 is 13.2 Å². The van der Waals surface area contributed by atoms with Gasteiger partial charge in [0.25, 0.3) is 0 Å². The van der Waals surface area contributed by atoms with Crippen LogP contribution in [0.2, 0.25) is 0 Å². The van der Waals surface area contributed by atoms with Crippen LogP contribution in [0.1, 0.15) is 39.5 Å². The van der Waals surface area contributed by atoms with Gasteiger partial charge >= 0.3 is 0 Å².